The summed E-state index contributed by atoms with van der Waals surface area (Å²) in [5, 5.41) is 3.35. The van der Waals surface area contributed by atoms with Crippen molar-refractivity contribution < 1.29 is 9.53 Å². The highest BCUT2D eigenvalue weighted by Crippen LogP contribution is 2.29. The second-order valence-corrected chi connectivity index (χ2v) is 6.45. The van der Waals surface area contributed by atoms with Crippen molar-refractivity contribution in [3.8, 4) is 5.75 Å². The molecule has 21 heavy (non-hydrogen) atoms. The summed E-state index contributed by atoms with van der Waals surface area (Å²) in [7, 11) is 0. The Hall–Kier alpha value is -1.04. The molecule has 0 aromatic heterocycles. The second kappa shape index (κ2) is 7.29. The second-order valence-electron chi connectivity index (χ2n) is 4.19. The molecule has 6 heteroatoms. The van der Waals surface area contributed by atoms with E-state index in [1.165, 1.54) is 0 Å². The summed E-state index contributed by atoms with van der Waals surface area (Å²) in [5.74, 6) is 0.351. The third-order valence-electron chi connectivity index (χ3n) is 2.61. The fraction of sp³-hybridized carbons (Fsp3) is 0.133. The van der Waals surface area contributed by atoms with Gasteiger partial charge in [0.15, 0.2) is 0 Å². The standard InChI is InChI=1S/C15H12Br2ClNO2/c1-2-21-14-4-3-12(18)8-13(14)19-15(20)9-5-10(16)7-11(17)6-9/h3-8H,2H2,1H3,(H,19,20). The summed E-state index contributed by atoms with van der Waals surface area (Å²) in [6.45, 7) is 2.39. The van der Waals surface area contributed by atoms with Crippen LogP contribution in [-0.2, 0) is 0 Å². The van der Waals surface area contributed by atoms with E-state index in [1.807, 2.05) is 13.0 Å². The Morgan fingerprint density at radius 3 is 2.48 bits per heavy atom. The average Bonchev–Trinajstić information content (AvgIpc) is 2.41. The first-order valence-corrected chi connectivity index (χ1v) is 8.16. The van der Waals surface area contributed by atoms with Crippen molar-refractivity contribution in [1.82, 2.24) is 0 Å². The van der Waals surface area contributed by atoms with Crippen LogP contribution in [0.2, 0.25) is 5.02 Å². The number of ether oxygens (including phenoxy) is 1. The number of carbonyl (C=O) groups excluding carboxylic acids is 1. The molecule has 0 unspecified atom stereocenters. The molecule has 0 radical (unpaired) electrons. The zero-order chi connectivity index (χ0) is 15.4. The van der Waals surface area contributed by atoms with Gasteiger partial charge < -0.3 is 10.1 Å². The fourth-order valence-corrected chi connectivity index (χ4v) is 3.23. The van der Waals surface area contributed by atoms with Crippen molar-refractivity contribution in [3.05, 3.63) is 55.9 Å². The van der Waals surface area contributed by atoms with Gasteiger partial charge in [-0.25, -0.2) is 0 Å². The molecule has 1 amide bonds. The van der Waals surface area contributed by atoms with Crippen LogP contribution in [0.3, 0.4) is 0 Å². The molecule has 0 aliphatic heterocycles. The van der Waals surface area contributed by atoms with E-state index in [1.54, 1.807) is 30.3 Å². The Balaban J connectivity index is 2.28. The molecule has 0 heterocycles. The molecular formula is C15H12Br2ClNO2. The van der Waals surface area contributed by atoms with E-state index >= 15 is 0 Å². The van der Waals surface area contributed by atoms with Crippen LogP contribution in [0.15, 0.2) is 45.3 Å². The van der Waals surface area contributed by atoms with Gasteiger partial charge in [0.05, 0.1) is 12.3 Å². The quantitative estimate of drug-likeness (QED) is 0.690. The van der Waals surface area contributed by atoms with Gasteiger partial charge in [0.2, 0.25) is 0 Å². The first-order valence-electron chi connectivity index (χ1n) is 6.19. The van der Waals surface area contributed by atoms with E-state index in [4.69, 9.17) is 16.3 Å². The van der Waals surface area contributed by atoms with Gasteiger partial charge in [-0.2, -0.15) is 0 Å². The Kier molecular flexibility index (Phi) is 5.67. The maximum absolute atomic E-state index is 12.3. The van der Waals surface area contributed by atoms with Crippen LogP contribution in [0.1, 0.15) is 17.3 Å². The van der Waals surface area contributed by atoms with Gasteiger partial charge in [-0.1, -0.05) is 43.5 Å². The van der Waals surface area contributed by atoms with Crippen LogP contribution in [-0.4, -0.2) is 12.5 Å². The largest absolute Gasteiger partial charge is 0.492 e. The lowest BCUT2D eigenvalue weighted by Crippen LogP contribution is -2.13. The van der Waals surface area contributed by atoms with Gasteiger partial charge >= 0.3 is 0 Å². The first kappa shape index (κ1) is 16.3. The lowest BCUT2D eigenvalue weighted by atomic mass is 10.2. The highest BCUT2D eigenvalue weighted by molar-refractivity contribution is 9.11. The third kappa shape index (κ3) is 4.46. The SMILES string of the molecule is CCOc1ccc(Cl)cc1NC(=O)c1cc(Br)cc(Br)c1. The van der Waals surface area contributed by atoms with E-state index in [0.717, 1.165) is 8.95 Å². The molecule has 0 atom stereocenters. The average molecular weight is 434 g/mol. The predicted octanol–water partition coefficient (Wildman–Crippen LogP) is 5.52. The van der Waals surface area contributed by atoms with Gasteiger partial charge in [0.1, 0.15) is 5.75 Å². The summed E-state index contributed by atoms with van der Waals surface area (Å²) >= 11 is 12.7. The van der Waals surface area contributed by atoms with Crippen molar-refractivity contribution >= 4 is 55.1 Å². The number of hydrogen-bond donors (Lipinski definition) is 1. The fourth-order valence-electron chi connectivity index (χ4n) is 1.76. The number of hydrogen-bond acceptors (Lipinski definition) is 2. The van der Waals surface area contributed by atoms with Crippen molar-refractivity contribution in [2.75, 3.05) is 11.9 Å². The van der Waals surface area contributed by atoms with Crippen LogP contribution >= 0.6 is 43.5 Å². The molecule has 0 saturated carbocycles. The van der Waals surface area contributed by atoms with Crippen molar-refractivity contribution in [2.24, 2.45) is 0 Å². The number of rotatable bonds is 4. The smallest absolute Gasteiger partial charge is 0.255 e. The third-order valence-corrected chi connectivity index (χ3v) is 3.77. The highest BCUT2D eigenvalue weighted by atomic mass is 79.9. The van der Waals surface area contributed by atoms with E-state index < -0.39 is 0 Å². The molecule has 0 saturated heterocycles. The summed E-state index contributed by atoms with van der Waals surface area (Å²) in [6, 6.07) is 10.5. The zero-order valence-electron chi connectivity index (χ0n) is 11.1. The normalized spacial score (nSPS) is 10.3. The molecule has 0 fully saturated rings. The highest BCUT2D eigenvalue weighted by Gasteiger charge is 2.12. The number of carbonyl (C=O) groups is 1. The summed E-state index contributed by atoms with van der Waals surface area (Å²) in [5.41, 5.74) is 1.07. The molecule has 2 aromatic carbocycles. The maximum atomic E-state index is 12.3. The van der Waals surface area contributed by atoms with Crippen LogP contribution in [0.4, 0.5) is 5.69 Å². The van der Waals surface area contributed by atoms with Gasteiger partial charge in [0, 0.05) is 19.5 Å². The molecular weight excluding hydrogens is 421 g/mol. The first-order chi connectivity index (χ1) is 9.99. The Morgan fingerprint density at radius 1 is 1.19 bits per heavy atom. The summed E-state index contributed by atoms with van der Waals surface area (Å²) < 4.78 is 7.12. The summed E-state index contributed by atoms with van der Waals surface area (Å²) in [6.07, 6.45) is 0. The van der Waals surface area contributed by atoms with Crippen LogP contribution < -0.4 is 10.1 Å². The monoisotopic (exact) mass is 431 g/mol. The lowest BCUT2D eigenvalue weighted by Gasteiger charge is -2.12. The predicted molar refractivity (Wildman–Crippen MR) is 92.4 cm³/mol. The van der Waals surface area contributed by atoms with E-state index in [2.05, 4.69) is 37.2 Å². The molecule has 2 aromatic rings. The van der Waals surface area contributed by atoms with Gasteiger partial charge in [-0.05, 0) is 43.3 Å². The van der Waals surface area contributed by atoms with Gasteiger partial charge in [0.25, 0.3) is 5.91 Å². The number of nitrogens with one attached hydrogen (secondary N) is 1. The van der Waals surface area contributed by atoms with E-state index in [9.17, 15) is 4.79 Å². The number of benzene rings is 2. The molecule has 2 rings (SSSR count). The van der Waals surface area contributed by atoms with Gasteiger partial charge in [-0.15, -0.1) is 0 Å². The minimum Gasteiger partial charge on any atom is -0.492 e. The van der Waals surface area contributed by atoms with Crippen molar-refractivity contribution in [3.63, 3.8) is 0 Å². The minimum absolute atomic E-state index is 0.236. The molecule has 0 bridgehead atoms. The van der Waals surface area contributed by atoms with E-state index in [-0.39, 0.29) is 5.91 Å². The Bertz CT molecular complexity index is 656. The molecule has 1 N–H and O–H groups in total. The summed E-state index contributed by atoms with van der Waals surface area (Å²) in [4.78, 5) is 12.3. The molecule has 3 nitrogen and oxygen atoms in total. The van der Waals surface area contributed by atoms with Gasteiger partial charge in [-0.3, -0.25) is 4.79 Å². The van der Waals surface area contributed by atoms with Crippen molar-refractivity contribution in [2.45, 2.75) is 6.92 Å². The van der Waals surface area contributed by atoms with Crippen LogP contribution in [0.25, 0.3) is 0 Å². The topological polar surface area (TPSA) is 38.3 Å². The molecule has 110 valence electrons. The zero-order valence-corrected chi connectivity index (χ0v) is 15.0. The lowest BCUT2D eigenvalue weighted by molar-refractivity contribution is 0.102. The van der Waals surface area contributed by atoms with E-state index in [0.29, 0.717) is 28.6 Å². The number of halogens is 3. The molecule has 0 aliphatic carbocycles. The molecule has 0 spiro atoms. The molecule has 0 aliphatic rings. The van der Waals surface area contributed by atoms with Crippen LogP contribution in [0.5, 0.6) is 5.75 Å². The Labute approximate surface area is 144 Å². The minimum atomic E-state index is -0.236. The van der Waals surface area contributed by atoms with Crippen molar-refractivity contribution in [1.29, 1.82) is 0 Å². The number of anilines is 1. The number of amides is 1. The maximum Gasteiger partial charge on any atom is 0.255 e. The van der Waals surface area contributed by atoms with Crippen LogP contribution in [0, 0.1) is 0 Å². The Morgan fingerprint density at radius 2 is 1.86 bits per heavy atom.